The van der Waals surface area contributed by atoms with Gasteiger partial charge in [0.05, 0.1) is 12.2 Å². The molecule has 0 saturated carbocycles. The van der Waals surface area contributed by atoms with E-state index in [0.29, 0.717) is 17.8 Å². The van der Waals surface area contributed by atoms with Crippen LogP contribution in [0.3, 0.4) is 0 Å². The maximum absolute atomic E-state index is 8.69. The lowest BCUT2D eigenvalue weighted by Crippen LogP contribution is -2.43. The lowest BCUT2D eigenvalue weighted by molar-refractivity contribution is 0.0302. The van der Waals surface area contributed by atoms with E-state index in [-0.39, 0.29) is 5.84 Å². The molecule has 18 heavy (non-hydrogen) atoms. The molecule has 2 unspecified atom stereocenters. The number of oxime groups is 1. The molecule has 1 aromatic rings. The summed E-state index contributed by atoms with van der Waals surface area (Å²) in [5.41, 5.74) is 6.27. The van der Waals surface area contributed by atoms with Gasteiger partial charge in [-0.3, -0.25) is 0 Å². The number of rotatable bonds is 2. The highest BCUT2D eigenvalue weighted by Crippen LogP contribution is 2.28. The van der Waals surface area contributed by atoms with Crippen molar-refractivity contribution in [1.29, 1.82) is 0 Å². The summed E-state index contributed by atoms with van der Waals surface area (Å²) >= 11 is 0. The molecule has 2 saturated heterocycles. The third kappa shape index (κ3) is 1.99. The Morgan fingerprint density at radius 2 is 2.17 bits per heavy atom. The van der Waals surface area contributed by atoms with Gasteiger partial charge in [0, 0.05) is 24.8 Å². The lowest BCUT2D eigenvalue weighted by atomic mass is 10.2. The van der Waals surface area contributed by atoms with Crippen LogP contribution in [0.25, 0.3) is 0 Å². The van der Waals surface area contributed by atoms with Crippen LogP contribution in [0.1, 0.15) is 18.4 Å². The zero-order chi connectivity index (χ0) is 12.5. The maximum Gasteiger partial charge on any atom is 0.170 e. The highest BCUT2D eigenvalue weighted by atomic mass is 16.5. The molecule has 2 aliphatic rings. The number of anilines is 1. The van der Waals surface area contributed by atoms with Crippen LogP contribution in [-0.4, -0.2) is 41.3 Å². The minimum Gasteiger partial charge on any atom is -0.409 e. The van der Waals surface area contributed by atoms with Crippen molar-refractivity contribution in [2.45, 2.75) is 25.0 Å². The topological polar surface area (TPSA) is 84.0 Å². The summed E-state index contributed by atoms with van der Waals surface area (Å²) in [6.45, 7) is 1.73. The first-order chi connectivity index (χ1) is 8.76. The quantitative estimate of drug-likeness (QED) is 0.345. The van der Waals surface area contributed by atoms with Gasteiger partial charge in [0.1, 0.15) is 5.82 Å². The number of nitrogens with zero attached hydrogens (tertiary/aromatic N) is 3. The predicted octanol–water partition coefficient (Wildman–Crippen LogP) is 0.544. The SMILES string of the molecule is NC(=NO)c1ccnc(N2CC3CCC(C2)O3)c1. The van der Waals surface area contributed by atoms with Gasteiger partial charge in [-0.05, 0) is 25.0 Å². The van der Waals surface area contributed by atoms with Crippen LogP contribution in [0.4, 0.5) is 5.82 Å². The van der Waals surface area contributed by atoms with Crippen LogP contribution in [-0.2, 0) is 4.74 Å². The Hall–Kier alpha value is -1.82. The molecule has 2 fully saturated rings. The van der Waals surface area contributed by atoms with Gasteiger partial charge in [0.15, 0.2) is 5.84 Å². The Balaban J connectivity index is 1.84. The summed E-state index contributed by atoms with van der Waals surface area (Å²) in [6.07, 6.45) is 4.57. The van der Waals surface area contributed by atoms with Gasteiger partial charge in [-0.15, -0.1) is 0 Å². The van der Waals surface area contributed by atoms with Crippen molar-refractivity contribution in [2.24, 2.45) is 10.9 Å². The second kappa shape index (κ2) is 4.45. The Bertz CT molecular complexity index is 465. The van der Waals surface area contributed by atoms with E-state index in [2.05, 4.69) is 15.0 Å². The normalized spacial score (nSPS) is 27.6. The van der Waals surface area contributed by atoms with Crippen LogP contribution < -0.4 is 10.6 Å². The molecule has 3 rings (SSSR count). The van der Waals surface area contributed by atoms with E-state index in [1.165, 1.54) is 0 Å². The van der Waals surface area contributed by atoms with Gasteiger partial charge in [-0.2, -0.15) is 0 Å². The van der Waals surface area contributed by atoms with Crippen LogP contribution in [0.5, 0.6) is 0 Å². The number of fused-ring (bicyclic) bond motifs is 2. The van der Waals surface area contributed by atoms with E-state index in [9.17, 15) is 0 Å². The van der Waals surface area contributed by atoms with Gasteiger partial charge in [-0.25, -0.2) is 4.98 Å². The second-order valence-electron chi connectivity index (χ2n) is 4.75. The zero-order valence-electron chi connectivity index (χ0n) is 9.99. The average molecular weight is 248 g/mol. The molecule has 0 aliphatic carbocycles. The van der Waals surface area contributed by atoms with Crippen molar-refractivity contribution in [1.82, 2.24) is 4.98 Å². The number of ether oxygens (including phenoxy) is 1. The van der Waals surface area contributed by atoms with Crippen LogP contribution in [0.15, 0.2) is 23.5 Å². The summed E-state index contributed by atoms with van der Waals surface area (Å²) in [5, 5.41) is 11.7. The molecule has 6 nitrogen and oxygen atoms in total. The lowest BCUT2D eigenvalue weighted by Gasteiger charge is -2.33. The van der Waals surface area contributed by atoms with Gasteiger partial charge in [0.2, 0.25) is 0 Å². The highest BCUT2D eigenvalue weighted by molar-refractivity contribution is 5.97. The summed E-state index contributed by atoms with van der Waals surface area (Å²) in [6, 6.07) is 3.58. The van der Waals surface area contributed by atoms with Crippen molar-refractivity contribution >= 4 is 11.7 Å². The Morgan fingerprint density at radius 3 is 2.83 bits per heavy atom. The fourth-order valence-electron chi connectivity index (χ4n) is 2.61. The van der Waals surface area contributed by atoms with E-state index in [1.807, 2.05) is 6.07 Å². The molecule has 0 spiro atoms. The maximum atomic E-state index is 8.69. The van der Waals surface area contributed by atoms with E-state index >= 15 is 0 Å². The predicted molar refractivity (Wildman–Crippen MR) is 66.9 cm³/mol. The number of amidine groups is 1. The Morgan fingerprint density at radius 1 is 1.44 bits per heavy atom. The van der Waals surface area contributed by atoms with Crippen molar-refractivity contribution in [2.75, 3.05) is 18.0 Å². The van der Waals surface area contributed by atoms with Crippen LogP contribution >= 0.6 is 0 Å². The van der Waals surface area contributed by atoms with Gasteiger partial charge in [0.25, 0.3) is 0 Å². The Labute approximate surface area is 105 Å². The van der Waals surface area contributed by atoms with Crippen molar-refractivity contribution < 1.29 is 9.94 Å². The van der Waals surface area contributed by atoms with Crippen molar-refractivity contribution in [3.8, 4) is 0 Å². The molecule has 96 valence electrons. The van der Waals surface area contributed by atoms with Crippen LogP contribution in [0, 0.1) is 0 Å². The number of pyridine rings is 1. The van der Waals surface area contributed by atoms with Gasteiger partial charge < -0.3 is 20.6 Å². The highest BCUT2D eigenvalue weighted by Gasteiger charge is 2.34. The molecular formula is C12H16N4O2. The first-order valence-electron chi connectivity index (χ1n) is 6.10. The standard InChI is InChI=1S/C12H16N4O2/c13-12(15-17)8-3-4-14-11(5-8)16-6-9-1-2-10(7-16)18-9/h3-5,9-10,17H,1-2,6-7H2,(H2,13,15). The number of nitrogens with two attached hydrogens (primary N) is 1. The van der Waals surface area contributed by atoms with E-state index in [0.717, 1.165) is 31.7 Å². The second-order valence-corrected chi connectivity index (χ2v) is 4.75. The van der Waals surface area contributed by atoms with Gasteiger partial charge >= 0.3 is 0 Å². The molecule has 3 heterocycles. The first kappa shape index (κ1) is 11.3. The fraction of sp³-hybridized carbons (Fsp3) is 0.500. The molecule has 0 aromatic carbocycles. The number of aromatic nitrogens is 1. The molecule has 2 aliphatic heterocycles. The zero-order valence-corrected chi connectivity index (χ0v) is 9.99. The monoisotopic (exact) mass is 248 g/mol. The van der Waals surface area contributed by atoms with E-state index < -0.39 is 0 Å². The third-order valence-corrected chi connectivity index (χ3v) is 3.52. The van der Waals surface area contributed by atoms with E-state index in [1.54, 1.807) is 12.3 Å². The summed E-state index contributed by atoms with van der Waals surface area (Å²) in [4.78, 5) is 6.56. The molecule has 2 bridgehead atoms. The molecule has 3 N–H and O–H groups in total. The Kier molecular flexibility index (Phi) is 2.79. The molecule has 1 aromatic heterocycles. The number of morpholine rings is 1. The fourth-order valence-corrected chi connectivity index (χ4v) is 2.61. The molecule has 2 atom stereocenters. The molecule has 6 heteroatoms. The molecule has 0 radical (unpaired) electrons. The summed E-state index contributed by atoms with van der Waals surface area (Å²) in [5.74, 6) is 0.967. The van der Waals surface area contributed by atoms with Crippen LogP contribution in [0.2, 0.25) is 0 Å². The number of hydrogen-bond acceptors (Lipinski definition) is 5. The summed E-state index contributed by atoms with van der Waals surface area (Å²) in [7, 11) is 0. The largest absolute Gasteiger partial charge is 0.409 e. The van der Waals surface area contributed by atoms with Crippen molar-refractivity contribution in [3.63, 3.8) is 0 Å². The first-order valence-corrected chi connectivity index (χ1v) is 6.10. The smallest absolute Gasteiger partial charge is 0.170 e. The van der Waals surface area contributed by atoms with Crippen molar-refractivity contribution in [3.05, 3.63) is 23.9 Å². The summed E-state index contributed by atoms with van der Waals surface area (Å²) < 4.78 is 5.79. The third-order valence-electron chi connectivity index (χ3n) is 3.52. The van der Waals surface area contributed by atoms with E-state index in [4.69, 9.17) is 15.7 Å². The average Bonchev–Trinajstić information content (AvgIpc) is 2.76. The van der Waals surface area contributed by atoms with Gasteiger partial charge in [-0.1, -0.05) is 5.16 Å². The molecular weight excluding hydrogens is 232 g/mol. The minimum absolute atomic E-state index is 0.106. The number of hydrogen-bond donors (Lipinski definition) is 2. The molecule has 0 amide bonds. The minimum atomic E-state index is 0.106.